The Bertz CT molecular complexity index is 905. The van der Waals surface area contributed by atoms with E-state index in [0.717, 1.165) is 0 Å². The zero-order valence-corrected chi connectivity index (χ0v) is 14.5. The van der Waals surface area contributed by atoms with E-state index in [2.05, 4.69) is 10.3 Å². The molecule has 0 aromatic heterocycles. The van der Waals surface area contributed by atoms with E-state index in [0.29, 0.717) is 34.2 Å². The molecule has 3 rings (SSSR count). The number of aliphatic imine (C=N–C) groups is 1. The summed E-state index contributed by atoms with van der Waals surface area (Å²) < 4.78 is 28.9. The molecule has 1 heterocycles. The SMILES string of the molecule is COc1cc(OC)c(OC)cc1/C=C1\N=C(c2ccc(F)cc2)NC1=O. The van der Waals surface area contributed by atoms with E-state index >= 15 is 0 Å². The topological polar surface area (TPSA) is 69.2 Å². The summed E-state index contributed by atoms with van der Waals surface area (Å²) >= 11 is 0. The molecule has 2 aromatic rings. The van der Waals surface area contributed by atoms with Crippen LogP contribution in [0, 0.1) is 5.82 Å². The lowest BCUT2D eigenvalue weighted by molar-refractivity contribution is -0.115. The van der Waals surface area contributed by atoms with Crippen molar-refractivity contribution in [3.63, 3.8) is 0 Å². The van der Waals surface area contributed by atoms with Crippen molar-refractivity contribution in [2.45, 2.75) is 0 Å². The quantitative estimate of drug-likeness (QED) is 0.837. The minimum Gasteiger partial charge on any atom is -0.496 e. The monoisotopic (exact) mass is 356 g/mol. The Morgan fingerprint density at radius 2 is 1.58 bits per heavy atom. The van der Waals surface area contributed by atoms with Crippen LogP contribution >= 0.6 is 0 Å². The molecule has 0 spiro atoms. The lowest BCUT2D eigenvalue weighted by Gasteiger charge is -2.12. The van der Waals surface area contributed by atoms with Crippen molar-refractivity contribution in [3.05, 3.63) is 59.0 Å². The third-order valence-electron chi connectivity index (χ3n) is 3.84. The Hall–Kier alpha value is -3.35. The molecular weight excluding hydrogens is 339 g/mol. The van der Waals surface area contributed by atoms with Crippen LogP contribution in [0.5, 0.6) is 17.2 Å². The van der Waals surface area contributed by atoms with Crippen molar-refractivity contribution < 1.29 is 23.4 Å². The average Bonchev–Trinajstić information content (AvgIpc) is 3.02. The Morgan fingerprint density at radius 1 is 0.962 bits per heavy atom. The second kappa shape index (κ2) is 7.26. The van der Waals surface area contributed by atoms with Gasteiger partial charge < -0.3 is 19.5 Å². The fourth-order valence-electron chi connectivity index (χ4n) is 2.53. The molecule has 0 unspecified atom stereocenters. The smallest absolute Gasteiger partial charge is 0.275 e. The minimum atomic E-state index is -0.360. The van der Waals surface area contributed by atoms with Gasteiger partial charge in [-0.3, -0.25) is 4.79 Å². The van der Waals surface area contributed by atoms with Gasteiger partial charge in [-0.25, -0.2) is 9.38 Å². The molecule has 1 amide bonds. The molecule has 1 aliphatic rings. The van der Waals surface area contributed by atoms with Crippen LogP contribution in [0.4, 0.5) is 4.39 Å². The molecule has 0 radical (unpaired) electrons. The van der Waals surface area contributed by atoms with Gasteiger partial charge in [0, 0.05) is 17.2 Å². The van der Waals surface area contributed by atoms with E-state index in [1.54, 1.807) is 30.3 Å². The molecule has 134 valence electrons. The first-order valence-corrected chi connectivity index (χ1v) is 7.73. The van der Waals surface area contributed by atoms with Crippen LogP contribution in [0.25, 0.3) is 6.08 Å². The van der Waals surface area contributed by atoms with Crippen molar-refractivity contribution in [2.75, 3.05) is 21.3 Å². The first-order chi connectivity index (χ1) is 12.5. The molecule has 0 saturated carbocycles. The van der Waals surface area contributed by atoms with Gasteiger partial charge in [0.1, 0.15) is 23.1 Å². The van der Waals surface area contributed by atoms with Gasteiger partial charge in [0.15, 0.2) is 11.5 Å². The zero-order valence-electron chi connectivity index (χ0n) is 14.5. The van der Waals surface area contributed by atoms with Crippen LogP contribution in [-0.2, 0) is 4.79 Å². The number of amidine groups is 1. The van der Waals surface area contributed by atoms with Crippen LogP contribution in [0.3, 0.4) is 0 Å². The zero-order chi connectivity index (χ0) is 18.7. The van der Waals surface area contributed by atoms with E-state index < -0.39 is 0 Å². The molecule has 1 N–H and O–H groups in total. The highest BCUT2D eigenvalue weighted by Crippen LogP contribution is 2.36. The summed E-state index contributed by atoms with van der Waals surface area (Å²) in [5.74, 6) is 1.17. The number of hydrogen-bond donors (Lipinski definition) is 1. The number of halogens is 1. The summed E-state index contributed by atoms with van der Waals surface area (Å²) in [5, 5.41) is 2.67. The highest BCUT2D eigenvalue weighted by Gasteiger charge is 2.22. The molecule has 1 aliphatic heterocycles. The molecule has 6 nitrogen and oxygen atoms in total. The van der Waals surface area contributed by atoms with Gasteiger partial charge in [0.05, 0.1) is 21.3 Å². The first kappa shape index (κ1) is 17.5. The van der Waals surface area contributed by atoms with Gasteiger partial charge in [-0.1, -0.05) is 0 Å². The highest BCUT2D eigenvalue weighted by molar-refractivity contribution is 6.19. The van der Waals surface area contributed by atoms with Crippen LogP contribution in [-0.4, -0.2) is 33.1 Å². The lowest BCUT2D eigenvalue weighted by atomic mass is 10.1. The van der Waals surface area contributed by atoms with E-state index in [9.17, 15) is 9.18 Å². The average molecular weight is 356 g/mol. The molecule has 7 heteroatoms. The van der Waals surface area contributed by atoms with E-state index in [1.807, 2.05) is 0 Å². The van der Waals surface area contributed by atoms with E-state index in [4.69, 9.17) is 14.2 Å². The number of carbonyl (C=O) groups excluding carboxylic acids is 1. The predicted octanol–water partition coefficient (Wildman–Crippen LogP) is 2.77. The standard InChI is InChI=1S/C19H17FN2O4/c1-24-15-10-17(26-3)16(25-2)9-12(15)8-14-19(23)22-18(21-14)11-4-6-13(20)7-5-11/h4-10H,1-3H3,(H,21,22,23)/b14-8-. The van der Waals surface area contributed by atoms with Crippen molar-refractivity contribution in [1.29, 1.82) is 0 Å². The molecule has 0 aliphatic carbocycles. The Morgan fingerprint density at radius 3 is 2.19 bits per heavy atom. The molecule has 0 saturated heterocycles. The van der Waals surface area contributed by atoms with Crippen molar-refractivity contribution in [3.8, 4) is 17.2 Å². The number of ether oxygens (including phenoxy) is 3. The number of benzene rings is 2. The molecule has 2 aromatic carbocycles. The summed E-state index contributed by atoms with van der Waals surface area (Å²) in [6, 6.07) is 9.08. The van der Waals surface area contributed by atoms with Crippen molar-refractivity contribution >= 4 is 17.8 Å². The Labute approximate surface area is 149 Å². The fourth-order valence-corrected chi connectivity index (χ4v) is 2.53. The third-order valence-corrected chi connectivity index (χ3v) is 3.84. The molecule has 0 bridgehead atoms. The summed E-state index contributed by atoms with van der Waals surface area (Å²) in [6.07, 6.45) is 1.59. The van der Waals surface area contributed by atoms with Gasteiger partial charge in [-0.05, 0) is 36.4 Å². The van der Waals surface area contributed by atoms with Crippen LogP contribution in [0.1, 0.15) is 11.1 Å². The number of carbonyl (C=O) groups is 1. The number of methoxy groups -OCH3 is 3. The molecule has 26 heavy (non-hydrogen) atoms. The molecule has 0 fully saturated rings. The van der Waals surface area contributed by atoms with Crippen molar-refractivity contribution in [1.82, 2.24) is 5.32 Å². The summed E-state index contributed by atoms with van der Waals surface area (Å²) in [6.45, 7) is 0. The fraction of sp³-hybridized carbons (Fsp3) is 0.158. The number of nitrogens with one attached hydrogen (secondary N) is 1. The lowest BCUT2D eigenvalue weighted by Crippen LogP contribution is -2.24. The highest BCUT2D eigenvalue weighted by atomic mass is 19.1. The first-order valence-electron chi connectivity index (χ1n) is 7.73. The maximum atomic E-state index is 13.1. The Balaban J connectivity index is 2.01. The number of amides is 1. The minimum absolute atomic E-state index is 0.204. The van der Waals surface area contributed by atoms with Crippen molar-refractivity contribution in [2.24, 2.45) is 4.99 Å². The third kappa shape index (κ3) is 3.37. The van der Waals surface area contributed by atoms with Gasteiger partial charge in [0.25, 0.3) is 5.91 Å². The summed E-state index contributed by atoms with van der Waals surface area (Å²) in [7, 11) is 4.57. The second-order valence-electron chi connectivity index (χ2n) is 5.40. The predicted molar refractivity (Wildman–Crippen MR) is 95.2 cm³/mol. The number of hydrogen-bond acceptors (Lipinski definition) is 5. The van der Waals surface area contributed by atoms with E-state index in [-0.39, 0.29) is 17.4 Å². The number of rotatable bonds is 5. The van der Waals surface area contributed by atoms with Crippen LogP contribution < -0.4 is 19.5 Å². The normalized spacial score (nSPS) is 14.8. The van der Waals surface area contributed by atoms with E-state index in [1.165, 1.54) is 33.5 Å². The van der Waals surface area contributed by atoms with Gasteiger partial charge in [-0.2, -0.15) is 0 Å². The number of nitrogens with zero attached hydrogens (tertiary/aromatic N) is 1. The van der Waals surface area contributed by atoms with Gasteiger partial charge in [0.2, 0.25) is 0 Å². The maximum Gasteiger partial charge on any atom is 0.275 e. The maximum absolute atomic E-state index is 13.1. The largest absolute Gasteiger partial charge is 0.496 e. The second-order valence-corrected chi connectivity index (χ2v) is 5.40. The van der Waals surface area contributed by atoms with Gasteiger partial charge in [-0.15, -0.1) is 0 Å². The Kier molecular flexibility index (Phi) is 4.88. The summed E-state index contributed by atoms with van der Waals surface area (Å²) in [5.41, 5.74) is 1.43. The molecule has 0 atom stereocenters. The van der Waals surface area contributed by atoms with Gasteiger partial charge >= 0.3 is 0 Å². The van der Waals surface area contributed by atoms with Crippen LogP contribution in [0.2, 0.25) is 0 Å². The van der Waals surface area contributed by atoms with Crippen LogP contribution in [0.15, 0.2) is 47.1 Å². The molecular formula is C19H17FN2O4. The summed E-state index contributed by atoms with van der Waals surface area (Å²) in [4.78, 5) is 16.5.